The van der Waals surface area contributed by atoms with E-state index in [2.05, 4.69) is 5.32 Å². The summed E-state index contributed by atoms with van der Waals surface area (Å²) in [6.07, 6.45) is 0. The fourth-order valence-electron chi connectivity index (χ4n) is 2.06. The van der Waals surface area contributed by atoms with Gasteiger partial charge in [-0.2, -0.15) is 0 Å². The monoisotopic (exact) mass is 305 g/mol. The number of carbonyl (C=O) groups is 1. The van der Waals surface area contributed by atoms with E-state index in [9.17, 15) is 13.6 Å². The predicted octanol–water partition coefficient (Wildman–Crippen LogP) is 3.91. The van der Waals surface area contributed by atoms with Crippen molar-refractivity contribution in [3.8, 4) is 5.75 Å². The average molecular weight is 305 g/mol. The van der Waals surface area contributed by atoms with Crippen molar-refractivity contribution in [3.63, 3.8) is 0 Å². The Labute approximate surface area is 127 Å². The molecule has 0 atom stereocenters. The maximum absolute atomic E-state index is 13.1. The summed E-state index contributed by atoms with van der Waals surface area (Å²) in [5, 5.41) is 2.46. The molecule has 0 saturated heterocycles. The molecular formula is C17H17F2NO2. The third-order valence-corrected chi connectivity index (χ3v) is 3.33. The highest BCUT2D eigenvalue weighted by atomic mass is 19.2. The lowest BCUT2D eigenvalue weighted by Crippen LogP contribution is -2.20. The van der Waals surface area contributed by atoms with Gasteiger partial charge in [0.2, 0.25) is 0 Å². The van der Waals surface area contributed by atoms with Crippen molar-refractivity contribution >= 4 is 11.6 Å². The largest absolute Gasteiger partial charge is 0.483 e. The van der Waals surface area contributed by atoms with Crippen molar-refractivity contribution in [2.24, 2.45) is 0 Å². The molecule has 0 spiro atoms. The molecule has 0 saturated carbocycles. The van der Waals surface area contributed by atoms with Gasteiger partial charge in [-0.3, -0.25) is 4.79 Å². The van der Waals surface area contributed by atoms with Gasteiger partial charge >= 0.3 is 0 Å². The van der Waals surface area contributed by atoms with Crippen LogP contribution < -0.4 is 10.1 Å². The number of nitrogens with one attached hydrogen (secondary N) is 1. The third kappa shape index (κ3) is 3.81. The lowest BCUT2D eigenvalue weighted by atomic mass is 10.1. The molecule has 0 heterocycles. The zero-order valence-corrected chi connectivity index (χ0v) is 12.7. The van der Waals surface area contributed by atoms with Crippen molar-refractivity contribution in [3.05, 3.63) is 58.7 Å². The summed E-state index contributed by atoms with van der Waals surface area (Å²) in [6, 6.07) is 7.06. The molecule has 3 nitrogen and oxygen atoms in total. The number of carbonyl (C=O) groups excluding carboxylic acids is 1. The van der Waals surface area contributed by atoms with Crippen LogP contribution in [0.15, 0.2) is 30.3 Å². The number of halogens is 2. The van der Waals surface area contributed by atoms with Crippen molar-refractivity contribution in [1.82, 2.24) is 0 Å². The van der Waals surface area contributed by atoms with E-state index in [1.807, 2.05) is 32.9 Å². The van der Waals surface area contributed by atoms with Crippen LogP contribution in [-0.4, -0.2) is 12.5 Å². The van der Waals surface area contributed by atoms with Crippen LogP contribution >= 0.6 is 0 Å². The molecule has 2 aromatic rings. The molecule has 2 rings (SSSR count). The number of amides is 1. The van der Waals surface area contributed by atoms with Crippen LogP contribution in [0.4, 0.5) is 14.5 Å². The number of aryl methyl sites for hydroxylation is 2. The Morgan fingerprint density at radius 2 is 1.82 bits per heavy atom. The first-order valence-corrected chi connectivity index (χ1v) is 6.82. The number of ether oxygens (including phenoxy) is 1. The summed E-state index contributed by atoms with van der Waals surface area (Å²) < 4.78 is 31.4. The van der Waals surface area contributed by atoms with Crippen LogP contribution in [0.25, 0.3) is 0 Å². The molecule has 0 aromatic heterocycles. The highest BCUT2D eigenvalue weighted by molar-refractivity contribution is 5.91. The van der Waals surface area contributed by atoms with Crippen LogP contribution in [0.2, 0.25) is 0 Å². The lowest BCUT2D eigenvalue weighted by molar-refractivity contribution is -0.118. The molecule has 22 heavy (non-hydrogen) atoms. The summed E-state index contributed by atoms with van der Waals surface area (Å²) in [5.41, 5.74) is 3.27. The van der Waals surface area contributed by atoms with Crippen LogP contribution in [0.3, 0.4) is 0 Å². The maximum atomic E-state index is 13.1. The second-order valence-corrected chi connectivity index (χ2v) is 5.17. The molecule has 1 N–H and O–H groups in total. The Morgan fingerprint density at radius 3 is 2.50 bits per heavy atom. The third-order valence-electron chi connectivity index (χ3n) is 3.33. The Hall–Kier alpha value is -2.43. The Bertz CT molecular complexity index is 714. The zero-order chi connectivity index (χ0) is 16.3. The van der Waals surface area contributed by atoms with Crippen LogP contribution in [-0.2, 0) is 4.79 Å². The van der Waals surface area contributed by atoms with Crippen molar-refractivity contribution in [2.75, 3.05) is 11.9 Å². The molecule has 1 amide bonds. The quantitative estimate of drug-likeness (QED) is 0.930. The average Bonchev–Trinajstić information content (AvgIpc) is 2.45. The zero-order valence-electron chi connectivity index (χ0n) is 12.7. The molecule has 0 unspecified atom stereocenters. The van der Waals surface area contributed by atoms with Crippen molar-refractivity contribution in [1.29, 1.82) is 0 Å². The normalized spacial score (nSPS) is 10.4. The smallest absolute Gasteiger partial charge is 0.262 e. The summed E-state index contributed by atoms with van der Waals surface area (Å²) in [4.78, 5) is 11.8. The van der Waals surface area contributed by atoms with Gasteiger partial charge in [0.15, 0.2) is 18.2 Å². The number of anilines is 1. The van der Waals surface area contributed by atoms with E-state index < -0.39 is 17.5 Å². The van der Waals surface area contributed by atoms with E-state index in [0.717, 1.165) is 28.8 Å². The molecule has 0 aliphatic carbocycles. The van der Waals surface area contributed by atoms with Gasteiger partial charge < -0.3 is 10.1 Å². The maximum Gasteiger partial charge on any atom is 0.262 e. The van der Waals surface area contributed by atoms with E-state index >= 15 is 0 Å². The van der Waals surface area contributed by atoms with E-state index in [0.29, 0.717) is 5.75 Å². The topological polar surface area (TPSA) is 38.3 Å². The Morgan fingerprint density at radius 1 is 1.09 bits per heavy atom. The first-order chi connectivity index (χ1) is 10.4. The summed E-state index contributed by atoms with van der Waals surface area (Å²) in [5.74, 6) is -1.77. The first-order valence-electron chi connectivity index (χ1n) is 6.82. The standard InChI is InChI=1S/C17H17F2NO2/c1-10-6-11(2)12(3)16(7-10)22-9-17(21)20-13-4-5-14(18)15(19)8-13/h4-8H,9H2,1-3H3,(H,20,21). The molecule has 0 bridgehead atoms. The minimum atomic E-state index is -1.01. The number of hydrogen-bond donors (Lipinski definition) is 1. The Kier molecular flexibility index (Phi) is 4.75. The number of hydrogen-bond acceptors (Lipinski definition) is 2. The molecule has 0 aliphatic rings. The molecule has 5 heteroatoms. The molecule has 0 fully saturated rings. The van der Waals surface area contributed by atoms with Crippen LogP contribution in [0.1, 0.15) is 16.7 Å². The summed E-state index contributed by atoms with van der Waals surface area (Å²) in [7, 11) is 0. The SMILES string of the molecule is Cc1cc(C)c(C)c(OCC(=O)Nc2ccc(F)c(F)c2)c1. The highest BCUT2D eigenvalue weighted by Crippen LogP contribution is 2.23. The molecule has 0 radical (unpaired) electrons. The molecule has 2 aromatic carbocycles. The highest BCUT2D eigenvalue weighted by Gasteiger charge is 2.09. The summed E-state index contributed by atoms with van der Waals surface area (Å²) in [6.45, 7) is 5.62. The lowest BCUT2D eigenvalue weighted by Gasteiger charge is -2.12. The van der Waals surface area contributed by atoms with Gasteiger partial charge in [-0.05, 0) is 55.7 Å². The first kappa shape index (κ1) is 15.9. The van der Waals surface area contributed by atoms with Crippen molar-refractivity contribution < 1.29 is 18.3 Å². The van der Waals surface area contributed by atoms with Gasteiger partial charge in [-0.25, -0.2) is 8.78 Å². The van der Waals surface area contributed by atoms with Gasteiger partial charge in [-0.1, -0.05) is 6.07 Å². The minimum Gasteiger partial charge on any atom is -0.483 e. The van der Waals surface area contributed by atoms with Crippen LogP contribution in [0, 0.1) is 32.4 Å². The fourth-order valence-corrected chi connectivity index (χ4v) is 2.06. The fraction of sp³-hybridized carbons (Fsp3) is 0.235. The minimum absolute atomic E-state index is 0.185. The molecule has 0 aliphatic heterocycles. The van der Waals surface area contributed by atoms with E-state index in [-0.39, 0.29) is 12.3 Å². The van der Waals surface area contributed by atoms with E-state index in [1.165, 1.54) is 6.07 Å². The van der Waals surface area contributed by atoms with E-state index in [4.69, 9.17) is 4.74 Å². The number of rotatable bonds is 4. The van der Waals surface area contributed by atoms with E-state index in [1.54, 1.807) is 0 Å². The number of benzene rings is 2. The van der Waals surface area contributed by atoms with Gasteiger partial charge in [0.25, 0.3) is 5.91 Å². The second kappa shape index (κ2) is 6.56. The van der Waals surface area contributed by atoms with Gasteiger partial charge in [0, 0.05) is 11.8 Å². The van der Waals surface area contributed by atoms with Gasteiger partial charge in [0.1, 0.15) is 5.75 Å². The van der Waals surface area contributed by atoms with Gasteiger partial charge in [0.05, 0.1) is 0 Å². The van der Waals surface area contributed by atoms with Crippen LogP contribution in [0.5, 0.6) is 5.75 Å². The molecule has 116 valence electrons. The second-order valence-electron chi connectivity index (χ2n) is 5.17. The molecular weight excluding hydrogens is 288 g/mol. The summed E-state index contributed by atoms with van der Waals surface area (Å²) >= 11 is 0. The predicted molar refractivity (Wildman–Crippen MR) is 81.1 cm³/mol. The van der Waals surface area contributed by atoms with Crippen molar-refractivity contribution in [2.45, 2.75) is 20.8 Å². The Balaban J connectivity index is 2.00. The van der Waals surface area contributed by atoms with Gasteiger partial charge in [-0.15, -0.1) is 0 Å².